The van der Waals surface area contributed by atoms with Crippen molar-refractivity contribution >= 4 is 22.8 Å². The van der Waals surface area contributed by atoms with Crippen LogP contribution in [0.4, 0.5) is 0 Å². The molecule has 1 aliphatic rings. The number of fused-ring (bicyclic) bond motifs is 1. The van der Waals surface area contributed by atoms with Gasteiger partial charge in [0.25, 0.3) is 11.8 Å². The number of imidazole rings is 1. The largest absolute Gasteiger partial charge is 0.335 e. The summed E-state index contributed by atoms with van der Waals surface area (Å²) in [6, 6.07) is 14.3. The fourth-order valence-corrected chi connectivity index (χ4v) is 3.47. The molecule has 7 heteroatoms. The van der Waals surface area contributed by atoms with Gasteiger partial charge < -0.3 is 14.4 Å². The van der Waals surface area contributed by atoms with E-state index in [2.05, 4.69) is 4.98 Å². The fraction of sp³-hybridized carbons (Fsp3) is 0.238. The standard InChI is InChI=1S/C21H19N5O2/c1-24-14-23-18-12-17(5-6-19(18)24)21(28)26-9-7-25(8-10-26)20(27)16-4-2-3-15(11-16)13-22/h2-6,11-12,14H,7-10H2,1H3. The van der Waals surface area contributed by atoms with Gasteiger partial charge in [0.15, 0.2) is 0 Å². The van der Waals surface area contributed by atoms with Crippen LogP contribution in [0.25, 0.3) is 11.0 Å². The van der Waals surface area contributed by atoms with E-state index in [1.54, 1.807) is 40.4 Å². The lowest BCUT2D eigenvalue weighted by molar-refractivity contribution is 0.0535. The Balaban J connectivity index is 1.43. The number of amides is 2. The van der Waals surface area contributed by atoms with Gasteiger partial charge in [-0.3, -0.25) is 9.59 Å². The maximum atomic E-state index is 12.8. The monoisotopic (exact) mass is 373 g/mol. The third kappa shape index (κ3) is 3.21. The normalized spacial score (nSPS) is 14.1. The molecule has 2 heterocycles. The number of aromatic nitrogens is 2. The van der Waals surface area contributed by atoms with Crippen molar-refractivity contribution in [1.82, 2.24) is 19.4 Å². The van der Waals surface area contributed by atoms with Gasteiger partial charge in [0.1, 0.15) is 0 Å². The molecule has 140 valence electrons. The molecule has 3 aromatic rings. The predicted molar refractivity (Wildman–Crippen MR) is 104 cm³/mol. The average Bonchev–Trinajstić information content (AvgIpc) is 3.13. The molecule has 4 rings (SSSR count). The number of benzene rings is 2. The number of rotatable bonds is 2. The highest BCUT2D eigenvalue weighted by Crippen LogP contribution is 2.17. The summed E-state index contributed by atoms with van der Waals surface area (Å²) in [7, 11) is 1.92. The van der Waals surface area contributed by atoms with Crippen molar-refractivity contribution in [2.45, 2.75) is 0 Å². The SMILES string of the molecule is Cn1cnc2cc(C(=O)N3CCN(C(=O)c4cccc(C#N)c4)CC3)ccc21. The van der Waals surface area contributed by atoms with Crippen LogP contribution >= 0.6 is 0 Å². The summed E-state index contributed by atoms with van der Waals surface area (Å²) in [5, 5.41) is 9.00. The first kappa shape index (κ1) is 17.7. The first-order valence-electron chi connectivity index (χ1n) is 9.06. The molecule has 0 spiro atoms. The molecule has 0 unspecified atom stereocenters. The van der Waals surface area contributed by atoms with Crippen molar-refractivity contribution in [1.29, 1.82) is 5.26 Å². The Morgan fingerprint density at radius 1 is 0.964 bits per heavy atom. The number of hydrogen-bond acceptors (Lipinski definition) is 4. The zero-order chi connectivity index (χ0) is 19.7. The van der Waals surface area contributed by atoms with Crippen LogP contribution in [0.1, 0.15) is 26.3 Å². The quantitative estimate of drug-likeness (QED) is 0.688. The summed E-state index contributed by atoms with van der Waals surface area (Å²) in [4.78, 5) is 33.3. The average molecular weight is 373 g/mol. The van der Waals surface area contributed by atoms with Crippen LogP contribution in [-0.2, 0) is 7.05 Å². The van der Waals surface area contributed by atoms with E-state index < -0.39 is 0 Å². The van der Waals surface area contributed by atoms with E-state index in [0.717, 1.165) is 11.0 Å². The van der Waals surface area contributed by atoms with Crippen LogP contribution in [0.15, 0.2) is 48.8 Å². The molecule has 1 fully saturated rings. The molecule has 0 bridgehead atoms. The number of aryl methyl sites for hydroxylation is 1. The summed E-state index contributed by atoms with van der Waals surface area (Å²) in [6.45, 7) is 1.88. The maximum Gasteiger partial charge on any atom is 0.254 e. The summed E-state index contributed by atoms with van der Waals surface area (Å²) in [5.74, 6) is -0.162. The van der Waals surface area contributed by atoms with Crippen molar-refractivity contribution in [3.63, 3.8) is 0 Å². The van der Waals surface area contributed by atoms with Gasteiger partial charge >= 0.3 is 0 Å². The second kappa shape index (κ2) is 7.16. The number of nitrogens with zero attached hydrogens (tertiary/aromatic N) is 5. The van der Waals surface area contributed by atoms with E-state index in [1.807, 2.05) is 35.9 Å². The molecular weight excluding hydrogens is 354 g/mol. The molecule has 2 aromatic carbocycles. The van der Waals surface area contributed by atoms with E-state index in [4.69, 9.17) is 5.26 Å². The van der Waals surface area contributed by atoms with E-state index in [1.165, 1.54) is 0 Å². The summed E-state index contributed by atoms with van der Waals surface area (Å²) in [5.41, 5.74) is 3.34. The number of piperazine rings is 1. The highest BCUT2D eigenvalue weighted by Gasteiger charge is 2.26. The first-order chi connectivity index (χ1) is 13.6. The number of nitriles is 1. The van der Waals surface area contributed by atoms with Gasteiger partial charge in [0.2, 0.25) is 0 Å². The van der Waals surface area contributed by atoms with Gasteiger partial charge in [-0.25, -0.2) is 4.98 Å². The number of carbonyl (C=O) groups is 2. The molecule has 1 aliphatic heterocycles. The smallest absolute Gasteiger partial charge is 0.254 e. The van der Waals surface area contributed by atoms with Crippen LogP contribution in [0.3, 0.4) is 0 Å². The lowest BCUT2D eigenvalue weighted by atomic mass is 10.1. The van der Waals surface area contributed by atoms with Gasteiger partial charge in [-0.05, 0) is 36.4 Å². The van der Waals surface area contributed by atoms with Crippen LogP contribution in [-0.4, -0.2) is 57.3 Å². The zero-order valence-corrected chi connectivity index (χ0v) is 15.5. The van der Waals surface area contributed by atoms with E-state index >= 15 is 0 Å². The molecule has 1 saturated heterocycles. The Morgan fingerprint density at radius 2 is 1.61 bits per heavy atom. The minimum Gasteiger partial charge on any atom is -0.335 e. The van der Waals surface area contributed by atoms with Crippen molar-refractivity contribution in [2.24, 2.45) is 7.05 Å². The van der Waals surface area contributed by atoms with E-state index in [-0.39, 0.29) is 11.8 Å². The van der Waals surface area contributed by atoms with Crippen LogP contribution in [0.5, 0.6) is 0 Å². The summed E-state index contributed by atoms with van der Waals surface area (Å²) >= 11 is 0. The second-order valence-corrected chi connectivity index (χ2v) is 6.84. The molecule has 0 aliphatic carbocycles. The lowest BCUT2D eigenvalue weighted by Gasteiger charge is -2.35. The molecule has 7 nitrogen and oxygen atoms in total. The molecule has 0 saturated carbocycles. The Hall–Kier alpha value is -3.66. The first-order valence-corrected chi connectivity index (χ1v) is 9.06. The van der Waals surface area contributed by atoms with Crippen molar-refractivity contribution in [3.05, 3.63) is 65.5 Å². The maximum absolute atomic E-state index is 12.8. The predicted octanol–water partition coefficient (Wildman–Crippen LogP) is 2.04. The molecule has 2 amide bonds. The van der Waals surface area contributed by atoms with Crippen LogP contribution in [0.2, 0.25) is 0 Å². The van der Waals surface area contributed by atoms with Crippen molar-refractivity contribution in [3.8, 4) is 6.07 Å². The summed E-state index contributed by atoms with van der Waals surface area (Å²) < 4.78 is 1.91. The number of hydrogen-bond donors (Lipinski definition) is 0. The molecular formula is C21H19N5O2. The van der Waals surface area contributed by atoms with Gasteiger partial charge in [0, 0.05) is 44.4 Å². The van der Waals surface area contributed by atoms with Crippen molar-refractivity contribution < 1.29 is 9.59 Å². The Kier molecular flexibility index (Phi) is 4.53. The van der Waals surface area contributed by atoms with Crippen LogP contribution in [0, 0.1) is 11.3 Å². The van der Waals surface area contributed by atoms with Gasteiger partial charge in [0.05, 0.1) is 29.0 Å². The third-order valence-corrected chi connectivity index (χ3v) is 5.07. The third-order valence-electron chi connectivity index (χ3n) is 5.07. The van der Waals surface area contributed by atoms with Crippen molar-refractivity contribution in [2.75, 3.05) is 26.2 Å². The summed E-state index contributed by atoms with van der Waals surface area (Å²) in [6.07, 6.45) is 1.73. The van der Waals surface area contributed by atoms with Gasteiger partial charge in [-0.2, -0.15) is 5.26 Å². The van der Waals surface area contributed by atoms with Gasteiger partial charge in [-0.15, -0.1) is 0 Å². The molecule has 0 N–H and O–H groups in total. The Labute approximate surface area is 162 Å². The van der Waals surface area contributed by atoms with Gasteiger partial charge in [-0.1, -0.05) is 6.07 Å². The second-order valence-electron chi connectivity index (χ2n) is 6.84. The Bertz CT molecular complexity index is 1100. The molecule has 0 radical (unpaired) electrons. The van der Waals surface area contributed by atoms with Crippen LogP contribution < -0.4 is 0 Å². The highest BCUT2D eigenvalue weighted by molar-refractivity contribution is 5.98. The lowest BCUT2D eigenvalue weighted by Crippen LogP contribution is -2.50. The molecule has 0 atom stereocenters. The Morgan fingerprint density at radius 3 is 2.25 bits per heavy atom. The van der Waals surface area contributed by atoms with E-state index in [0.29, 0.717) is 42.9 Å². The molecule has 1 aromatic heterocycles. The van der Waals surface area contributed by atoms with E-state index in [9.17, 15) is 9.59 Å². The highest BCUT2D eigenvalue weighted by atomic mass is 16.2. The zero-order valence-electron chi connectivity index (χ0n) is 15.5. The topological polar surface area (TPSA) is 82.2 Å². The fourth-order valence-electron chi connectivity index (χ4n) is 3.47. The minimum absolute atomic E-state index is 0.0499. The number of carbonyl (C=O) groups excluding carboxylic acids is 2. The molecule has 28 heavy (non-hydrogen) atoms. The minimum atomic E-state index is -0.112.